The van der Waals surface area contributed by atoms with Gasteiger partial charge in [0.25, 0.3) is 0 Å². The average Bonchev–Trinajstić information content (AvgIpc) is 2.30. The molecule has 0 heterocycles. The van der Waals surface area contributed by atoms with Gasteiger partial charge in [0.2, 0.25) is 5.91 Å². The molecule has 0 radical (unpaired) electrons. The second-order valence-corrected chi connectivity index (χ2v) is 4.84. The van der Waals surface area contributed by atoms with Gasteiger partial charge in [-0.05, 0) is 40.5 Å². The van der Waals surface area contributed by atoms with E-state index in [2.05, 4.69) is 28.2 Å². The zero-order valence-corrected chi connectivity index (χ0v) is 11.5. The fraction of sp³-hybridized carbons (Fsp3) is 0.462. The molecule has 1 aromatic carbocycles. The maximum atomic E-state index is 13.0. The van der Waals surface area contributed by atoms with Gasteiger partial charge in [0.1, 0.15) is 5.82 Å². The molecule has 94 valence electrons. The van der Waals surface area contributed by atoms with Crippen LogP contribution >= 0.6 is 15.9 Å². The van der Waals surface area contributed by atoms with Gasteiger partial charge in [-0.1, -0.05) is 26.2 Å². The largest absolute Gasteiger partial charge is 0.326 e. The van der Waals surface area contributed by atoms with Crippen LogP contribution in [0.25, 0.3) is 0 Å². The van der Waals surface area contributed by atoms with E-state index in [4.69, 9.17) is 0 Å². The average molecular weight is 302 g/mol. The summed E-state index contributed by atoms with van der Waals surface area (Å²) in [7, 11) is 0. The van der Waals surface area contributed by atoms with Crippen molar-refractivity contribution in [2.24, 2.45) is 0 Å². The first kappa shape index (κ1) is 14.2. The Morgan fingerprint density at radius 2 is 2.12 bits per heavy atom. The van der Waals surface area contributed by atoms with Gasteiger partial charge >= 0.3 is 0 Å². The maximum Gasteiger partial charge on any atom is 0.224 e. The highest BCUT2D eigenvalue weighted by molar-refractivity contribution is 9.10. The van der Waals surface area contributed by atoms with Crippen molar-refractivity contribution in [1.29, 1.82) is 0 Å². The maximum absolute atomic E-state index is 13.0. The molecule has 0 aliphatic heterocycles. The highest BCUT2D eigenvalue weighted by Gasteiger charge is 2.04. The van der Waals surface area contributed by atoms with Gasteiger partial charge in [0.15, 0.2) is 0 Å². The van der Waals surface area contributed by atoms with Gasteiger partial charge in [-0.15, -0.1) is 0 Å². The van der Waals surface area contributed by atoms with Crippen LogP contribution in [-0.2, 0) is 4.79 Å². The molecular formula is C13H17BrFNO. The summed E-state index contributed by atoms with van der Waals surface area (Å²) in [6.07, 6.45) is 4.83. The number of hydrogen-bond acceptors (Lipinski definition) is 1. The van der Waals surface area contributed by atoms with E-state index in [1.54, 1.807) is 12.1 Å². The Hall–Kier alpha value is -0.900. The van der Waals surface area contributed by atoms with Crippen molar-refractivity contribution in [3.63, 3.8) is 0 Å². The topological polar surface area (TPSA) is 29.1 Å². The summed E-state index contributed by atoms with van der Waals surface area (Å²) >= 11 is 3.08. The number of halogens is 2. The van der Waals surface area contributed by atoms with E-state index in [0.29, 0.717) is 16.6 Å². The summed E-state index contributed by atoms with van der Waals surface area (Å²) in [5, 5.41) is 2.75. The molecule has 1 N–H and O–H groups in total. The second-order valence-electron chi connectivity index (χ2n) is 3.99. The minimum Gasteiger partial charge on any atom is -0.326 e. The van der Waals surface area contributed by atoms with Crippen LogP contribution in [0.4, 0.5) is 10.1 Å². The Morgan fingerprint density at radius 3 is 2.76 bits per heavy atom. The minimum atomic E-state index is -0.328. The molecule has 1 amide bonds. The van der Waals surface area contributed by atoms with Crippen molar-refractivity contribution < 1.29 is 9.18 Å². The summed E-state index contributed by atoms with van der Waals surface area (Å²) in [5.41, 5.74) is 0.624. The highest BCUT2D eigenvalue weighted by Crippen LogP contribution is 2.20. The molecule has 0 bridgehead atoms. The third-order valence-corrected chi connectivity index (χ3v) is 3.07. The standard InChI is InChI=1S/C13H17BrFNO/c1-2-3-4-5-6-13(17)16-10-7-8-12(15)11(14)9-10/h7-9H,2-6H2,1H3,(H,16,17). The number of carbonyl (C=O) groups is 1. The zero-order chi connectivity index (χ0) is 12.7. The molecule has 0 aliphatic carbocycles. The molecule has 0 saturated heterocycles. The SMILES string of the molecule is CCCCCCC(=O)Nc1ccc(F)c(Br)c1. The first-order chi connectivity index (χ1) is 8.13. The molecule has 0 spiro atoms. The van der Waals surface area contributed by atoms with E-state index in [-0.39, 0.29) is 11.7 Å². The second kappa shape index (κ2) is 7.43. The van der Waals surface area contributed by atoms with Crippen molar-refractivity contribution in [3.8, 4) is 0 Å². The van der Waals surface area contributed by atoms with E-state index < -0.39 is 0 Å². The molecule has 0 aliphatic rings. The lowest BCUT2D eigenvalue weighted by molar-refractivity contribution is -0.116. The molecule has 4 heteroatoms. The van der Waals surface area contributed by atoms with Crippen molar-refractivity contribution in [1.82, 2.24) is 0 Å². The van der Waals surface area contributed by atoms with Gasteiger partial charge in [-0.25, -0.2) is 4.39 Å². The number of rotatable bonds is 6. The lowest BCUT2D eigenvalue weighted by atomic mass is 10.1. The zero-order valence-electron chi connectivity index (χ0n) is 9.93. The summed E-state index contributed by atoms with van der Waals surface area (Å²) in [6, 6.07) is 4.46. The lowest BCUT2D eigenvalue weighted by Crippen LogP contribution is -2.11. The fourth-order valence-corrected chi connectivity index (χ4v) is 1.89. The smallest absolute Gasteiger partial charge is 0.224 e. The molecule has 0 unspecified atom stereocenters. The van der Waals surface area contributed by atoms with Crippen LogP contribution in [0, 0.1) is 5.82 Å². The first-order valence-corrected chi connectivity index (χ1v) is 6.67. The number of unbranched alkanes of at least 4 members (excludes halogenated alkanes) is 3. The van der Waals surface area contributed by atoms with Crippen molar-refractivity contribution >= 4 is 27.5 Å². The lowest BCUT2D eigenvalue weighted by Gasteiger charge is -2.05. The number of carbonyl (C=O) groups excluding carboxylic acids is 1. The molecule has 0 fully saturated rings. The number of amides is 1. The van der Waals surface area contributed by atoms with Crippen LogP contribution in [-0.4, -0.2) is 5.91 Å². The molecule has 1 rings (SSSR count). The Labute approximate surface area is 110 Å². The van der Waals surface area contributed by atoms with Crippen LogP contribution in [0.1, 0.15) is 39.0 Å². The van der Waals surface area contributed by atoms with Gasteiger partial charge in [0, 0.05) is 12.1 Å². The molecule has 2 nitrogen and oxygen atoms in total. The molecular weight excluding hydrogens is 285 g/mol. The number of nitrogens with one attached hydrogen (secondary N) is 1. The number of anilines is 1. The van der Waals surface area contributed by atoms with Crippen LogP contribution in [0.3, 0.4) is 0 Å². The summed E-state index contributed by atoms with van der Waals surface area (Å²) in [5.74, 6) is -0.342. The summed E-state index contributed by atoms with van der Waals surface area (Å²) < 4.78 is 13.3. The minimum absolute atomic E-state index is 0.0142. The first-order valence-electron chi connectivity index (χ1n) is 5.88. The van der Waals surface area contributed by atoms with Crippen LogP contribution in [0.15, 0.2) is 22.7 Å². The third kappa shape index (κ3) is 5.31. The normalized spacial score (nSPS) is 10.3. The summed E-state index contributed by atoms with van der Waals surface area (Å²) in [4.78, 5) is 11.6. The van der Waals surface area contributed by atoms with Crippen molar-refractivity contribution in [2.75, 3.05) is 5.32 Å². The van der Waals surface area contributed by atoms with Crippen molar-refractivity contribution in [2.45, 2.75) is 39.0 Å². The van der Waals surface area contributed by atoms with Gasteiger partial charge in [-0.2, -0.15) is 0 Å². The van der Waals surface area contributed by atoms with Gasteiger partial charge < -0.3 is 5.32 Å². The predicted molar refractivity (Wildman–Crippen MR) is 71.5 cm³/mol. The Morgan fingerprint density at radius 1 is 1.35 bits per heavy atom. The monoisotopic (exact) mass is 301 g/mol. The van der Waals surface area contributed by atoms with Crippen LogP contribution < -0.4 is 5.32 Å². The van der Waals surface area contributed by atoms with Crippen LogP contribution in [0.2, 0.25) is 0 Å². The van der Waals surface area contributed by atoms with Crippen LogP contribution in [0.5, 0.6) is 0 Å². The van der Waals surface area contributed by atoms with E-state index in [0.717, 1.165) is 25.7 Å². The number of hydrogen-bond donors (Lipinski definition) is 1. The van der Waals surface area contributed by atoms with Gasteiger partial charge in [0.05, 0.1) is 4.47 Å². The van der Waals surface area contributed by atoms with E-state index in [1.165, 1.54) is 6.07 Å². The van der Waals surface area contributed by atoms with Gasteiger partial charge in [-0.3, -0.25) is 4.79 Å². The molecule has 17 heavy (non-hydrogen) atoms. The molecule has 0 aromatic heterocycles. The Balaban J connectivity index is 2.37. The molecule has 1 aromatic rings. The third-order valence-electron chi connectivity index (χ3n) is 2.46. The Kier molecular flexibility index (Phi) is 6.19. The molecule has 0 atom stereocenters. The summed E-state index contributed by atoms with van der Waals surface area (Å²) in [6.45, 7) is 2.14. The fourth-order valence-electron chi connectivity index (χ4n) is 1.51. The molecule has 0 saturated carbocycles. The number of benzene rings is 1. The Bertz CT molecular complexity index is 382. The van der Waals surface area contributed by atoms with Crippen molar-refractivity contribution in [3.05, 3.63) is 28.5 Å². The van der Waals surface area contributed by atoms with E-state index >= 15 is 0 Å². The van der Waals surface area contributed by atoms with E-state index in [9.17, 15) is 9.18 Å². The quantitative estimate of drug-likeness (QED) is 0.770. The predicted octanol–water partition coefficient (Wildman–Crippen LogP) is 4.50. The highest BCUT2D eigenvalue weighted by atomic mass is 79.9. The van der Waals surface area contributed by atoms with E-state index in [1.807, 2.05) is 0 Å².